The molecule has 1 heteroatoms. The third-order valence-electron chi connectivity index (χ3n) is 1.16. The van der Waals surface area contributed by atoms with E-state index in [4.69, 9.17) is 0 Å². The van der Waals surface area contributed by atoms with Crippen LogP contribution in [0.2, 0.25) is 0 Å². The molecule has 10 heavy (non-hydrogen) atoms. The molecule has 0 aliphatic heterocycles. The second-order valence-electron chi connectivity index (χ2n) is 2.08. The number of hydrogen-bond acceptors (Lipinski definition) is 1. The van der Waals surface area contributed by atoms with Crippen LogP contribution in [0, 0.1) is 0 Å². The molecular formula is C9H15N+. The first-order valence-electron chi connectivity index (χ1n) is 3.40. The average Bonchev–Trinajstić information content (AvgIpc) is 1.90. The highest BCUT2D eigenvalue weighted by Crippen LogP contribution is 1.83. The van der Waals surface area contributed by atoms with Crippen molar-refractivity contribution in [2.75, 3.05) is 19.6 Å². The van der Waals surface area contributed by atoms with E-state index in [0.29, 0.717) is 0 Å². The molecule has 0 atom stereocenters. The van der Waals surface area contributed by atoms with Crippen LogP contribution in [0.1, 0.15) is 0 Å². The molecule has 55 valence electrons. The van der Waals surface area contributed by atoms with Gasteiger partial charge in [0.25, 0.3) is 0 Å². The summed E-state index contributed by atoms with van der Waals surface area (Å²) in [6, 6.07) is 0. The highest BCUT2D eigenvalue weighted by molar-refractivity contribution is 4.87. The van der Waals surface area contributed by atoms with E-state index in [-0.39, 0.29) is 0 Å². The SMILES string of the molecule is C=CC[N+](CC=C)CC=C. The predicted octanol–water partition coefficient (Wildman–Crippen LogP) is 1.68. The van der Waals surface area contributed by atoms with Gasteiger partial charge in [-0.2, -0.15) is 4.90 Å². The van der Waals surface area contributed by atoms with E-state index in [9.17, 15) is 0 Å². The fraction of sp³-hybridized carbons (Fsp3) is 0.333. The molecule has 0 heterocycles. The molecule has 0 amide bonds. The largest absolute Gasteiger partial charge is 0.159 e. The van der Waals surface area contributed by atoms with Gasteiger partial charge in [0.05, 0.1) is 0 Å². The standard InChI is InChI=1S/C9H15N/c1-4-7-10(8-5-2)9-6-3/h4-6H,1-3,7-9H2/q+1. The van der Waals surface area contributed by atoms with Crippen molar-refractivity contribution in [2.24, 2.45) is 0 Å². The average molecular weight is 137 g/mol. The third kappa shape index (κ3) is 4.10. The van der Waals surface area contributed by atoms with Crippen LogP contribution in [0.15, 0.2) is 38.0 Å². The lowest BCUT2D eigenvalue weighted by atomic mass is 10.4. The van der Waals surface area contributed by atoms with E-state index >= 15 is 0 Å². The van der Waals surface area contributed by atoms with Crippen LogP contribution in [-0.4, -0.2) is 19.6 Å². The van der Waals surface area contributed by atoms with Gasteiger partial charge >= 0.3 is 0 Å². The minimum Gasteiger partial charge on any atom is -0.159 e. The van der Waals surface area contributed by atoms with Crippen LogP contribution in [0.5, 0.6) is 0 Å². The summed E-state index contributed by atoms with van der Waals surface area (Å²) in [5.41, 5.74) is 0. The van der Waals surface area contributed by atoms with Crippen LogP contribution in [0.25, 0.3) is 0 Å². The summed E-state index contributed by atoms with van der Waals surface area (Å²) < 4.78 is 0. The molecule has 0 bridgehead atoms. The molecule has 1 nitrogen and oxygen atoms in total. The van der Waals surface area contributed by atoms with E-state index in [1.54, 1.807) is 0 Å². The van der Waals surface area contributed by atoms with Crippen molar-refractivity contribution < 1.29 is 0 Å². The molecule has 0 aliphatic rings. The first kappa shape index (κ1) is 9.18. The molecule has 0 rings (SSSR count). The van der Waals surface area contributed by atoms with Gasteiger partial charge in [0, 0.05) is 0 Å². The molecule has 0 unspecified atom stereocenters. The van der Waals surface area contributed by atoms with Gasteiger partial charge < -0.3 is 0 Å². The summed E-state index contributed by atoms with van der Waals surface area (Å²) in [5.74, 6) is 0. The Morgan fingerprint density at radius 1 is 0.800 bits per heavy atom. The maximum atomic E-state index is 3.65. The Balaban J connectivity index is 3.58. The molecule has 0 spiro atoms. The zero-order valence-corrected chi connectivity index (χ0v) is 6.42. The molecule has 0 aromatic carbocycles. The van der Waals surface area contributed by atoms with E-state index < -0.39 is 0 Å². The second kappa shape index (κ2) is 6.30. The number of nitrogens with zero attached hydrogens (tertiary/aromatic N) is 1. The molecule has 0 N–H and O–H groups in total. The number of hydrogen-bond donors (Lipinski definition) is 0. The Bertz CT molecular complexity index is 92.1. The summed E-state index contributed by atoms with van der Waals surface area (Å²) in [7, 11) is 0. The maximum Gasteiger partial charge on any atom is 0.141 e. The Kier molecular flexibility index (Phi) is 5.79. The zero-order chi connectivity index (χ0) is 7.82. The Morgan fingerprint density at radius 2 is 1.10 bits per heavy atom. The monoisotopic (exact) mass is 137 g/mol. The summed E-state index contributed by atoms with van der Waals surface area (Å²) in [5, 5.41) is 0. The molecule has 0 aliphatic carbocycles. The van der Waals surface area contributed by atoms with E-state index in [1.807, 2.05) is 18.2 Å². The van der Waals surface area contributed by atoms with E-state index in [0.717, 1.165) is 19.6 Å². The molecule has 0 saturated carbocycles. The molecule has 0 saturated heterocycles. The van der Waals surface area contributed by atoms with Gasteiger partial charge in [0.2, 0.25) is 0 Å². The molecular weight excluding hydrogens is 122 g/mol. The lowest BCUT2D eigenvalue weighted by Crippen LogP contribution is -2.30. The van der Waals surface area contributed by atoms with Gasteiger partial charge in [-0.1, -0.05) is 19.7 Å². The van der Waals surface area contributed by atoms with Crippen LogP contribution < -0.4 is 4.90 Å². The van der Waals surface area contributed by atoms with Crippen molar-refractivity contribution in [1.82, 2.24) is 4.90 Å². The van der Waals surface area contributed by atoms with Crippen LogP contribution in [0.3, 0.4) is 0 Å². The number of rotatable bonds is 6. The van der Waals surface area contributed by atoms with Gasteiger partial charge in [0.15, 0.2) is 0 Å². The summed E-state index contributed by atoms with van der Waals surface area (Å²) in [4.78, 5) is 2.19. The summed E-state index contributed by atoms with van der Waals surface area (Å²) in [6.45, 7) is 13.7. The second-order valence-corrected chi connectivity index (χ2v) is 2.08. The first-order chi connectivity index (χ1) is 4.85. The lowest BCUT2D eigenvalue weighted by Gasteiger charge is -2.03. The topological polar surface area (TPSA) is 5.90 Å². The highest BCUT2D eigenvalue weighted by atomic mass is 15.1. The van der Waals surface area contributed by atoms with Crippen molar-refractivity contribution in [3.8, 4) is 0 Å². The van der Waals surface area contributed by atoms with E-state index in [2.05, 4.69) is 24.6 Å². The van der Waals surface area contributed by atoms with Crippen LogP contribution in [0.4, 0.5) is 0 Å². The van der Waals surface area contributed by atoms with Gasteiger partial charge in [-0.15, -0.1) is 0 Å². The minimum absolute atomic E-state index is 0.901. The fourth-order valence-corrected chi connectivity index (χ4v) is 0.771. The summed E-state index contributed by atoms with van der Waals surface area (Å²) >= 11 is 0. The fourth-order valence-electron chi connectivity index (χ4n) is 0.771. The van der Waals surface area contributed by atoms with Gasteiger partial charge in [-0.25, -0.2) is 0 Å². The van der Waals surface area contributed by atoms with Crippen molar-refractivity contribution in [1.29, 1.82) is 0 Å². The smallest absolute Gasteiger partial charge is 0.141 e. The van der Waals surface area contributed by atoms with Crippen molar-refractivity contribution in [2.45, 2.75) is 0 Å². The maximum absolute atomic E-state index is 3.65. The van der Waals surface area contributed by atoms with Crippen LogP contribution in [-0.2, 0) is 0 Å². The Morgan fingerprint density at radius 3 is 1.30 bits per heavy atom. The zero-order valence-electron chi connectivity index (χ0n) is 6.42. The van der Waals surface area contributed by atoms with Crippen molar-refractivity contribution >= 4 is 0 Å². The third-order valence-corrected chi connectivity index (χ3v) is 1.16. The van der Waals surface area contributed by atoms with Gasteiger partial charge in [0.1, 0.15) is 19.6 Å². The lowest BCUT2D eigenvalue weighted by molar-refractivity contribution is 0.530. The molecule has 1 radical (unpaired) electrons. The summed E-state index contributed by atoms with van der Waals surface area (Å²) in [6.07, 6.45) is 5.65. The first-order valence-corrected chi connectivity index (χ1v) is 3.40. The van der Waals surface area contributed by atoms with E-state index in [1.165, 1.54) is 0 Å². The normalized spacial score (nSPS) is 9.30. The quantitative estimate of drug-likeness (QED) is 0.388. The van der Waals surface area contributed by atoms with Gasteiger partial charge in [-0.3, -0.25) is 0 Å². The van der Waals surface area contributed by atoms with Crippen LogP contribution >= 0.6 is 0 Å². The van der Waals surface area contributed by atoms with Gasteiger partial charge in [-0.05, 0) is 18.2 Å². The predicted molar refractivity (Wildman–Crippen MR) is 47.3 cm³/mol. The molecule has 0 aromatic heterocycles. The highest BCUT2D eigenvalue weighted by Gasteiger charge is 2.05. The Hall–Kier alpha value is -0.820. The molecule has 0 aromatic rings. The van der Waals surface area contributed by atoms with Crippen molar-refractivity contribution in [3.05, 3.63) is 38.0 Å². The Labute approximate surface area is 63.3 Å². The molecule has 0 fully saturated rings. The van der Waals surface area contributed by atoms with Crippen molar-refractivity contribution in [3.63, 3.8) is 0 Å². The minimum atomic E-state index is 0.901.